The molecular formula is C9H10F3N. The van der Waals surface area contributed by atoms with E-state index in [1.54, 1.807) is 0 Å². The Morgan fingerprint density at radius 1 is 1.31 bits per heavy atom. The van der Waals surface area contributed by atoms with E-state index in [1.165, 1.54) is 6.20 Å². The summed E-state index contributed by atoms with van der Waals surface area (Å²) in [5.74, 6) is -0.838. The van der Waals surface area contributed by atoms with Gasteiger partial charge >= 0.3 is 0 Å². The molecule has 1 heterocycles. The molecule has 1 rings (SSSR count). The van der Waals surface area contributed by atoms with Crippen LogP contribution in [0.25, 0.3) is 0 Å². The molecule has 0 N–H and O–H groups in total. The summed E-state index contributed by atoms with van der Waals surface area (Å²) >= 11 is 0. The second-order valence-electron chi connectivity index (χ2n) is 3.09. The van der Waals surface area contributed by atoms with Gasteiger partial charge in [-0.25, -0.2) is 13.2 Å². The van der Waals surface area contributed by atoms with Crippen LogP contribution in [0.3, 0.4) is 0 Å². The van der Waals surface area contributed by atoms with E-state index in [-0.39, 0.29) is 5.92 Å². The van der Waals surface area contributed by atoms with Crippen molar-refractivity contribution in [3.05, 3.63) is 29.3 Å². The van der Waals surface area contributed by atoms with Gasteiger partial charge in [-0.1, -0.05) is 13.8 Å². The second-order valence-corrected chi connectivity index (χ2v) is 3.09. The van der Waals surface area contributed by atoms with Crippen LogP contribution in [0.4, 0.5) is 13.2 Å². The zero-order valence-corrected chi connectivity index (χ0v) is 7.39. The van der Waals surface area contributed by atoms with E-state index < -0.39 is 17.9 Å². The molecule has 1 aromatic rings. The number of nitrogens with zero attached hydrogens (tertiary/aromatic N) is 1. The van der Waals surface area contributed by atoms with Gasteiger partial charge in [0.05, 0.1) is 0 Å². The number of aromatic nitrogens is 1. The lowest BCUT2D eigenvalue weighted by Gasteiger charge is -2.06. The summed E-state index contributed by atoms with van der Waals surface area (Å²) in [7, 11) is 0. The highest BCUT2D eigenvalue weighted by Crippen LogP contribution is 2.22. The Bertz CT molecular complexity index is 297. The first-order chi connectivity index (χ1) is 6.02. The van der Waals surface area contributed by atoms with Crippen molar-refractivity contribution in [3.63, 3.8) is 0 Å². The third kappa shape index (κ3) is 2.20. The SMILES string of the molecule is CC(C)c1cnc(C(F)F)c(F)c1. The Hall–Kier alpha value is -1.06. The molecule has 0 amide bonds. The normalized spacial score (nSPS) is 11.3. The van der Waals surface area contributed by atoms with Crippen molar-refractivity contribution in [3.8, 4) is 0 Å². The van der Waals surface area contributed by atoms with Crippen LogP contribution in [0.2, 0.25) is 0 Å². The molecule has 1 aromatic heterocycles. The van der Waals surface area contributed by atoms with Crippen molar-refractivity contribution in [1.82, 2.24) is 4.98 Å². The molecule has 0 atom stereocenters. The van der Waals surface area contributed by atoms with Crippen LogP contribution in [0.1, 0.15) is 37.4 Å². The number of pyridine rings is 1. The van der Waals surface area contributed by atoms with Crippen LogP contribution in [0, 0.1) is 5.82 Å². The van der Waals surface area contributed by atoms with Gasteiger partial charge < -0.3 is 0 Å². The fraction of sp³-hybridized carbons (Fsp3) is 0.444. The minimum absolute atomic E-state index is 0.0914. The first-order valence-corrected chi connectivity index (χ1v) is 3.96. The predicted molar refractivity (Wildman–Crippen MR) is 43.2 cm³/mol. The maximum absolute atomic E-state index is 12.9. The van der Waals surface area contributed by atoms with Crippen molar-refractivity contribution in [2.75, 3.05) is 0 Å². The van der Waals surface area contributed by atoms with Crippen molar-refractivity contribution < 1.29 is 13.2 Å². The summed E-state index contributed by atoms with van der Waals surface area (Å²) < 4.78 is 37.0. The molecule has 4 heteroatoms. The third-order valence-electron chi connectivity index (χ3n) is 1.76. The van der Waals surface area contributed by atoms with E-state index in [4.69, 9.17) is 0 Å². The molecule has 0 fully saturated rings. The first kappa shape index (κ1) is 10.0. The molecule has 1 nitrogen and oxygen atoms in total. The highest BCUT2D eigenvalue weighted by atomic mass is 19.3. The fourth-order valence-electron chi connectivity index (χ4n) is 0.940. The molecule has 0 aliphatic carbocycles. The summed E-state index contributed by atoms with van der Waals surface area (Å²) in [6.45, 7) is 3.69. The zero-order valence-electron chi connectivity index (χ0n) is 7.39. The third-order valence-corrected chi connectivity index (χ3v) is 1.76. The van der Waals surface area contributed by atoms with E-state index in [9.17, 15) is 13.2 Å². The monoisotopic (exact) mass is 189 g/mol. The standard InChI is InChI=1S/C9H10F3N/c1-5(2)6-3-7(10)8(9(11)12)13-4-6/h3-5,9H,1-2H3. The van der Waals surface area contributed by atoms with Gasteiger partial charge in [0, 0.05) is 6.20 Å². The van der Waals surface area contributed by atoms with Gasteiger partial charge in [-0.15, -0.1) is 0 Å². The Morgan fingerprint density at radius 3 is 2.31 bits per heavy atom. The molecule has 13 heavy (non-hydrogen) atoms. The lowest BCUT2D eigenvalue weighted by Crippen LogP contribution is -1.98. The molecule has 0 aliphatic rings. The van der Waals surface area contributed by atoms with Crippen molar-refractivity contribution in [2.24, 2.45) is 0 Å². The molecule has 0 bridgehead atoms. The average molecular weight is 189 g/mol. The average Bonchev–Trinajstić information content (AvgIpc) is 2.03. The quantitative estimate of drug-likeness (QED) is 0.695. The summed E-state index contributed by atoms with van der Waals surface area (Å²) in [6, 6.07) is 1.11. The van der Waals surface area contributed by atoms with Crippen LogP contribution < -0.4 is 0 Å². The van der Waals surface area contributed by atoms with Gasteiger partial charge in [0.1, 0.15) is 5.69 Å². The molecule has 0 saturated heterocycles. The van der Waals surface area contributed by atoms with Gasteiger partial charge in [0.15, 0.2) is 5.82 Å². The van der Waals surface area contributed by atoms with Crippen molar-refractivity contribution in [2.45, 2.75) is 26.2 Å². The van der Waals surface area contributed by atoms with E-state index >= 15 is 0 Å². The molecule has 0 unspecified atom stereocenters. The highest BCUT2D eigenvalue weighted by molar-refractivity contribution is 5.19. The summed E-state index contributed by atoms with van der Waals surface area (Å²) in [4.78, 5) is 3.37. The number of hydrogen-bond acceptors (Lipinski definition) is 1. The Kier molecular flexibility index (Phi) is 2.90. The second kappa shape index (κ2) is 3.77. The van der Waals surface area contributed by atoms with Gasteiger partial charge in [-0.2, -0.15) is 0 Å². The summed E-state index contributed by atoms with van der Waals surface area (Å²) in [6.07, 6.45) is -1.56. The lowest BCUT2D eigenvalue weighted by atomic mass is 10.1. The van der Waals surface area contributed by atoms with E-state index in [0.29, 0.717) is 5.56 Å². The van der Waals surface area contributed by atoms with Crippen molar-refractivity contribution >= 4 is 0 Å². The molecule has 0 radical (unpaired) electrons. The smallest absolute Gasteiger partial charge is 0.252 e. The molecule has 0 spiro atoms. The highest BCUT2D eigenvalue weighted by Gasteiger charge is 2.15. The largest absolute Gasteiger partial charge is 0.283 e. The van der Waals surface area contributed by atoms with E-state index in [1.807, 2.05) is 13.8 Å². The molecule has 72 valence electrons. The fourth-order valence-corrected chi connectivity index (χ4v) is 0.940. The van der Waals surface area contributed by atoms with E-state index in [0.717, 1.165) is 6.07 Å². The Labute approximate surface area is 74.6 Å². The molecule has 0 saturated carbocycles. The number of halogens is 3. The van der Waals surface area contributed by atoms with Gasteiger partial charge in [0.2, 0.25) is 0 Å². The van der Waals surface area contributed by atoms with Gasteiger partial charge in [0.25, 0.3) is 6.43 Å². The van der Waals surface area contributed by atoms with Crippen LogP contribution in [-0.2, 0) is 0 Å². The Balaban J connectivity index is 3.06. The lowest BCUT2D eigenvalue weighted by molar-refractivity contribution is 0.140. The molecular weight excluding hydrogens is 179 g/mol. The van der Waals surface area contributed by atoms with Crippen LogP contribution >= 0.6 is 0 Å². The predicted octanol–water partition coefficient (Wildman–Crippen LogP) is 3.28. The van der Waals surface area contributed by atoms with Crippen LogP contribution in [0.5, 0.6) is 0 Å². The Morgan fingerprint density at radius 2 is 1.92 bits per heavy atom. The summed E-state index contributed by atoms with van der Waals surface area (Å²) in [5.41, 5.74) is -0.147. The number of rotatable bonds is 2. The minimum Gasteiger partial charge on any atom is -0.252 e. The minimum atomic E-state index is -2.85. The maximum atomic E-state index is 12.9. The molecule has 0 aliphatic heterocycles. The zero-order chi connectivity index (χ0) is 10.0. The summed E-state index contributed by atoms with van der Waals surface area (Å²) in [5, 5.41) is 0. The number of hydrogen-bond donors (Lipinski definition) is 0. The molecule has 0 aromatic carbocycles. The van der Waals surface area contributed by atoms with Gasteiger partial charge in [-0.05, 0) is 17.5 Å². The topological polar surface area (TPSA) is 12.9 Å². The van der Waals surface area contributed by atoms with E-state index in [2.05, 4.69) is 4.98 Å². The van der Waals surface area contributed by atoms with Crippen LogP contribution in [-0.4, -0.2) is 4.98 Å². The maximum Gasteiger partial charge on any atom is 0.283 e. The van der Waals surface area contributed by atoms with Crippen molar-refractivity contribution in [1.29, 1.82) is 0 Å². The van der Waals surface area contributed by atoms with Gasteiger partial charge in [-0.3, -0.25) is 4.98 Å². The van der Waals surface area contributed by atoms with Crippen LogP contribution in [0.15, 0.2) is 12.3 Å². The number of alkyl halides is 2. The first-order valence-electron chi connectivity index (χ1n) is 3.96.